The molecule has 0 bridgehead atoms. The summed E-state index contributed by atoms with van der Waals surface area (Å²) in [5.41, 5.74) is 5.81. The number of aliphatic hydroxyl groups is 1. The third kappa shape index (κ3) is 5.01. The number of nitrogens with zero attached hydrogens (tertiary/aromatic N) is 5. The Morgan fingerprint density at radius 2 is 2.03 bits per heavy atom. The number of nitrogens with two attached hydrogens (primary N) is 1. The standard InChI is InChI=1S/C25H30N8O3S2/c1-23(6-7-23)32-38(35,36)17-10-19(31-22(28)37-21(27)25(34)4-3-5-25)18(13-29-2)20(11-17)33-14-16(12-30-33)24(15-26)8-9-24/h10-14,27,32,34H,3-9H2,1-2H3,(H2,28,31). The van der Waals surface area contributed by atoms with E-state index in [-0.39, 0.29) is 20.8 Å². The van der Waals surface area contributed by atoms with Crippen LogP contribution >= 0.6 is 11.8 Å². The minimum Gasteiger partial charge on any atom is -0.383 e. The maximum Gasteiger partial charge on any atom is 0.241 e. The van der Waals surface area contributed by atoms with Crippen molar-refractivity contribution < 1.29 is 13.5 Å². The number of rotatable bonds is 8. The number of sulfonamides is 1. The summed E-state index contributed by atoms with van der Waals surface area (Å²) >= 11 is 0.851. The maximum atomic E-state index is 13.4. The topological polar surface area (TPSA) is 183 Å². The van der Waals surface area contributed by atoms with Crippen molar-refractivity contribution in [3.63, 3.8) is 0 Å². The molecule has 0 radical (unpaired) electrons. The lowest BCUT2D eigenvalue weighted by Crippen LogP contribution is -2.44. The fourth-order valence-corrected chi connectivity index (χ4v) is 6.59. The smallest absolute Gasteiger partial charge is 0.241 e. The van der Waals surface area contributed by atoms with E-state index in [1.165, 1.54) is 16.8 Å². The van der Waals surface area contributed by atoms with Crippen molar-refractivity contribution in [2.75, 3.05) is 7.05 Å². The molecule has 5 N–H and O–H groups in total. The average Bonchev–Trinajstić information content (AvgIpc) is 3.74. The Balaban J connectivity index is 1.61. The number of aliphatic imine (C=N–C) groups is 2. The summed E-state index contributed by atoms with van der Waals surface area (Å²) < 4.78 is 31.1. The molecule has 3 saturated carbocycles. The summed E-state index contributed by atoms with van der Waals surface area (Å²) in [5, 5.41) is 32.8. The molecule has 2 aromatic rings. The Bertz CT molecular complexity index is 1510. The Hall–Kier alpha value is -3.05. The van der Waals surface area contributed by atoms with Crippen LogP contribution in [0, 0.1) is 16.7 Å². The molecular formula is C25H30N8O3S2. The molecule has 200 valence electrons. The monoisotopic (exact) mass is 554 g/mol. The SMILES string of the molecule is CN=Cc1c(N=C(N)SC(=N)C2(O)CCC2)cc(S(=O)(=O)NC2(C)CC2)cc1-n1cc(C2(C#N)CC2)cn1. The van der Waals surface area contributed by atoms with Crippen molar-refractivity contribution in [3.8, 4) is 11.8 Å². The largest absolute Gasteiger partial charge is 0.383 e. The Labute approximate surface area is 225 Å². The van der Waals surface area contributed by atoms with E-state index >= 15 is 0 Å². The maximum absolute atomic E-state index is 13.4. The second-order valence-corrected chi connectivity index (χ2v) is 13.3. The second-order valence-electron chi connectivity index (χ2n) is 10.6. The molecule has 0 aliphatic heterocycles. The molecule has 3 fully saturated rings. The average molecular weight is 555 g/mol. The number of hydrogen-bond acceptors (Lipinski definition) is 9. The van der Waals surface area contributed by atoms with Gasteiger partial charge in [-0.05, 0) is 75.8 Å². The Morgan fingerprint density at radius 1 is 1.32 bits per heavy atom. The van der Waals surface area contributed by atoms with Gasteiger partial charge in [-0.15, -0.1) is 0 Å². The fraction of sp³-hybridized carbons (Fsp3) is 0.480. The van der Waals surface area contributed by atoms with Crippen molar-refractivity contribution in [2.45, 2.75) is 73.3 Å². The van der Waals surface area contributed by atoms with Gasteiger partial charge in [0.05, 0.1) is 34.0 Å². The zero-order valence-electron chi connectivity index (χ0n) is 21.2. The highest BCUT2D eigenvalue weighted by atomic mass is 32.2. The van der Waals surface area contributed by atoms with Gasteiger partial charge in [0.1, 0.15) is 10.6 Å². The lowest BCUT2D eigenvalue weighted by molar-refractivity contribution is 0.0366. The molecule has 1 aromatic heterocycles. The lowest BCUT2D eigenvalue weighted by Gasteiger charge is -2.36. The highest BCUT2D eigenvalue weighted by Gasteiger charge is 2.46. The first kappa shape index (κ1) is 26.6. The fourth-order valence-electron chi connectivity index (χ4n) is 4.34. The first-order chi connectivity index (χ1) is 17.9. The summed E-state index contributed by atoms with van der Waals surface area (Å²) in [6, 6.07) is 5.28. The van der Waals surface area contributed by atoms with E-state index in [9.17, 15) is 18.8 Å². The molecule has 11 nitrogen and oxygen atoms in total. The molecule has 1 aromatic carbocycles. The minimum atomic E-state index is -3.92. The lowest BCUT2D eigenvalue weighted by atomic mass is 9.81. The summed E-state index contributed by atoms with van der Waals surface area (Å²) in [4.78, 5) is 8.60. The summed E-state index contributed by atoms with van der Waals surface area (Å²) in [7, 11) is -2.33. The van der Waals surface area contributed by atoms with Gasteiger partial charge in [0.2, 0.25) is 10.0 Å². The van der Waals surface area contributed by atoms with E-state index in [1.54, 1.807) is 25.7 Å². The first-order valence-corrected chi connectivity index (χ1v) is 14.7. The van der Waals surface area contributed by atoms with E-state index in [0.717, 1.165) is 49.4 Å². The molecule has 3 aliphatic carbocycles. The number of benzene rings is 1. The normalized spacial score (nSPS) is 21.1. The molecule has 38 heavy (non-hydrogen) atoms. The van der Waals surface area contributed by atoms with Crippen molar-refractivity contribution in [3.05, 3.63) is 35.7 Å². The van der Waals surface area contributed by atoms with Crippen molar-refractivity contribution in [1.82, 2.24) is 14.5 Å². The van der Waals surface area contributed by atoms with Crippen LogP contribution in [0.2, 0.25) is 0 Å². The van der Waals surface area contributed by atoms with Crippen molar-refractivity contribution in [1.29, 1.82) is 10.7 Å². The molecular weight excluding hydrogens is 524 g/mol. The molecule has 0 amide bonds. The number of hydrogen-bond donors (Lipinski definition) is 4. The van der Waals surface area contributed by atoms with E-state index in [4.69, 9.17) is 11.1 Å². The highest BCUT2D eigenvalue weighted by molar-refractivity contribution is 8.26. The van der Waals surface area contributed by atoms with Crippen LogP contribution in [-0.2, 0) is 15.4 Å². The number of aromatic nitrogens is 2. The first-order valence-electron chi connectivity index (χ1n) is 12.4. The Kier molecular flexibility index (Phi) is 6.50. The van der Waals surface area contributed by atoms with Crippen LogP contribution in [0.4, 0.5) is 5.69 Å². The van der Waals surface area contributed by atoms with E-state index in [1.807, 2.05) is 6.92 Å². The van der Waals surface area contributed by atoms with Crippen LogP contribution in [-0.4, -0.2) is 57.9 Å². The van der Waals surface area contributed by atoms with Gasteiger partial charge in [0.15, 0.2) is 5.17 Å². The van der Waals surface area contributed by atoms with Gasteiger partial charge in [-0.1, -0.05) is 0 Å². The zero-order chi connectivity index (χ0) is 27.3. The zero-order valence-corrected chi connectivity index (χ0v) is 22.9. The quantitative estimate of drug-likeness (QED) is 0.286. The van der Waals surface area contributed by atoms with E-state index < -0.39 is 26.6 Å². The third-order valence-corrected chi connectivity index (χ3v) is 9.95. The minimum absolute atomic E-state index is 0.00554. The van der Waals surface area contributed by atoms with Crippen LogP contribution < -0.4 is 10.5 Å². The molecule has 1 heterocycles. The van der Waals surface area contributed by atoms with Gasteiger partial charge in [-0.3, -0.25) is 10.4 Å². The van der Waals surface area contributed by atoms with Crippen molar-refractivity contribution in [2.24, 2.45) is 15.7 Å². The van der Waals surface area contributed by atoms with Crippen LogP contribution in [0.15, 0.2) is 39.4 Å². The number of thioether (sulfide) groups is 1. The van der Waals surface area contributed by atoms with Crippen LogP contribution in [0.5, 0.6) is 0 Å². The molecule has 0 spiro atoms. The van der Waals surface area contributed by atoms with Gasteiger partial charge in [-0.25, -0.2) is 22.8 Å². The molecule has 0 saturated heterocycles. The van der Waals surface area contributed by atoms with Gasteiger partial charge >= 0.3 is 0 Å². The third-order valence-electron chi connectivity index (χ3n) is 7.45. The van der Waals surface area contributed by atoms with Crippen LogP contribution in [0.3, 0.4) is 0 Å². The van der Waals surface area contributed by atoms with E-state index in [2.05, 4.69) is 25.9 Å². The molecule has 5 rings (SSSR count). The highest BCUT2D eigenvalue weighted by Crippen LogP contribution is 2.47. The molecule has 13 heteroatoms. The molecule has 0 atom stereocenters. The molecule has 0 unspecified atom stereocenters. The number of nitrogens with one attached hydrogen (secondary N) is 2. The van der Waals surface area contributed by atoms with Crippen molar-refractivity contribution >= 4 is 43.9 Å². The predicted molar refractivity (Wildman–Crippen MR) is 147 cm³/mol. The van der Waals surface area contributed by atoms with Gasteiger partial charge in [-0.2, -0.15) is 10.4 Å². The summed E-state index contributed by atoms with van der Waals surface area (Å²) in [5.74, 6) is 0. The second kappa shape index (κ2) is 9.30. The van der Waals surface area contributed by atoms with Crippen LogP contribution in [0.1, 0.15) is 63.0 Å². The number of amidine groups is 1. The van der Waals surface area contributed by atoms with Gasteiger partial charge < -0.3 is 10.8 Å². The number of nitriles is 1. The van der Waals surface area contributed by atoms with Gasteiger partial charge in [0.25, 0.3) is 0 Å². The van der Waals surface area contributed by atoms with Gasteiger partial charge in [0, 0.05) is 36.1 Å². The predicted octanol–water partition coefficient (Wildman–Crippen LogP) is 2.88. The summed E-state index contributed by atoms with van der Waals surface area (Å²) in [6.45, 7) is 1.85. The summed E-state index contributed by atoms with van der Waals surface area (Å²) in [6.07, 6.45) is 9.72. The Morgan fingerprint density at radius 3 is 2.58 bits per heavy atom. The van der Waals surface area contributed by atoms with E-state index in [0.29, 0.717) is 24.1 Å². The molecule has 3 aliphatic rings. The van der Waals surface area contributed by atoms with Crippen LogP contribution in [0.25, 0.3) is 5.69 Å².